The Morgan fingerprint density at radius 3 is 3.00 bits per heavy atom. The summed E-state index contributed by atoms with van der Waals surface area (Å²) >= 11 is 5.70. The molecule has 0 aromatic carbocycles. The summed E-state index contributed by atoms with van der Waals surface area (Å²) in [6, 6.07) is 5.10. The first kappa shape index (κ1) is 8.31. The molecular formula is C8H8ClN3O. The minimum absolute atomic E-state index is 0.116. The molecule has 2 rings (SSSR count). The van der Waals surface area contributed by atoms with Gasteiger partial charge in [0.2, 0.25) is 0 Å². The van der Waals surface area contributed by atoms with Crippen molar-refractivity contribution in [2.75, 3.05) is 18.0 Å². The van der Waals surface area contributed by atoms with Gasteiger partial charge >= 0.3 is 6.03 Å². The van der Waals surface area contributed by atoms with Crippen molar-refractivity contribution >= 4 is 23.4 Å². The minimum Gasteiger partial charge on any atom is -0.336 e. The van der Waals surface area contributed by atoms with Crippen molar-refractivity contribution in [1.82, 2.24) is 10.3 Å². The van der Waals surface area contributed by atoms with E-state index < -0.39 is 0 Å². The molecule has 0 spiro atoms. The third-order valence-corrected chi connectivity index (χ3v) is 2.04. The van der Waals surface area contributed by atoms with E-state index in [4.69, 9.17) is 11.6 Å². The molecule has 0 aliphatic carbocycles. The molecule has 4 nitrogen and oxygen atoms in total. The van der Waals surface area contributed by atoms with Crippen molar-refractivity contribution in [2.24, 2.45) is 0 Å². The van der Waals surface area contributed by atoms with Gasteiger partial charge < -0.3 is 5.32 Å². The van der Waals surface area contributed by atoms with Crippen molar-refractivity contribution < 1.29 is 4.79 Å². The maximum Gasteiger partial charge on any atom is 0.323 e. The number of amides is 2. The van der Waals surface area contributed by atoms with Crippen LogP contribution in [0.25, 0.3) is 0 Å². The van der Waals surface area contributed by atoms with Gasteiger partial charge in [0.25, 0.3) is 0 Å². The van der Waals surface area contributed by atoms with Crippen LogP contribution in [0, 0.1) is 0 Å². The molecule has 0 radical (unpaired) electrons. The molecule has 1 aliphatic rings. The number of anilines is 1. The Morgan fingerprint density at radius 2 is 2.38 bits per heavy atom. The smallest absolute Gasteiger partial charge is 0.323 e. The molecule has 13 heavy (non-hydrogen) atoms. The summed E-state index contributed by atoms with van der Waals surface area (Å²) in [5, 5.41) is 3.09. The Labute approximate surface area is 80.5 Å². The average molecular weight is 198 g/mol. The highest BCUT2D eigenvalue weighted by atomic mass is 35.5. The van der Waals surface area contributed by atoms with Gasteiger partial charge in [0.1, 0.15) is 11.0 Å². The van der Waals surface area contributed by atoms with Crippen LogP contribution in [0.5, 0.6) is 0 Å². The molecule has 0 atom stereocenters. The van der Waals surface area contributed by atoms with Crippen molar-refractivity contribution in [3.8, 4) is 0 Å². The second-order valence-electron chi connectivity index (χ2n) is 2.70. The summed E-state index contributed by atoms with van der Waals surface area (Å²) in [6.07, 6.45) is 0. The third-order valence-electron chi connectivity index (χ3n) is 1.83. The highest BCUT2D eigenvalue weighted by molar-refractivity contribution is 6.29. The molecule has 2 amide bonds. The van der Waals surface area contributed by atoms with Crippen LogP contribution in [-0.4, -0.2) is 24.1 Å². The summed E-state index contributed by atoms with van der Waals surface area (Å²) in [6.45, 7) is 1.30. The molecule has 0 bridgehead atoms. The van der Waals surface area contributed by atoms with Gasteiger partial charge in [0.05, 0.1) is 0 Å². The van der Waals surface area contributed by atoms with Crippen LogP contribution in [0.2, 0.25) is 5.15 Å². The Kier molecular flexibility index (Phi) is 2.06. The normalized spacial score (nSPS) is 16.1. The second kappa shape index (κ2) is 3.22. The van der Waals surface area contributed by atoms with Crippen LogP contribution in [-0.2, 0) is 0 Å². The summed E-state index contributed by atoms with van der Waals surface area (Å²) in [4.78, 5) is 16.8. The zero-order valence-corrected chi connectivity index (χ0v) is 7.58. The molecule has 1 saturated heterocycles. The largest absolute Gasteiger partial charge is 0.336 e. The van der Waals surface area contributed by atoms with Crippen LogP contribution >= 0.6 is 11.6 Å². The minimum atomic E-state index is -0.116. The van der Waals surface area contributed by atoms with Gasteiger partial charge in [-0.15, -0.1) is 0 Å². The van der Waals surface area contributed by atoms with E-state index in [1.165, 1.54) is 0 Å². The highest BCUT2D eigenvalue weighted by Crippen LogP contribution is 2.15. The van der Waals surface area contributed by atoms with E-state index in [1.54, 1.807) is 23.1 Å². The first-order valence-corrected chi connectivity index (χ1v) is 4.33. The van der Waals surface area contributed by atoms with Crippen LogP contribution in [0.15, 0.2) is 18.2 Å². The monoisotopic (exact) mass is 197 g/mol. The van der Waals surface area contributed by atoms with E-state index in [2.05, 4.69) is 10.3 Å². The number of halogens is 1. The average Bonchev–Trinajstić information content (AvgIpc) is 2.51. The molecule has 0 saturated carbocycles. The number of nitrogens with one attached hydrogen (secondary N) is 1. The van der Waals surface area contributed by atoms with Gasteiger partial charge in [-0.05, 0) is 12.1 Å². The molecular weight excluding hydrogens is 190 g/mol. The van der Waals surface area contributed by atoms with Gasteiger partial charge in [-0.25, -0.2) is 9.78 Å². The lowest BCUT2D eigenvalue weighted by atomic mass is 10.4. The Morgan fingerprint density at radius 1 is 1.54 bits per heavy atom. The number of pyridine rings is 1. The Bertz CT molecular complexity index is 342. The van der Waals surface area contributed by atoms with Crippen molar-refractivity contribution in [2.45, 2.75) is 0 Å². The second-order valence-corrected chi connectivity index (χ2v) is 3.09. The maximum absolute atomic E-state index is 11.2. The van der Waals surface area contributed by atoms with Crippen LogP contribution in [0.1, 0.15) is 0 Å². The van der Waals surface area contributed by atoms with Crippen LogP contribution < -0.4 is 10.2 Å². The highest BCUT2D eigenvalue weighted by Gasteiger charge is 2.21. The lowest BCUT2D eigenvalue weighted by molar-refractivity contribution is 0.252. The lowest BCUT2D eigenvalue weighted by Gasteiger charge is -2.12. The number of carbonyl (C=O) groups is 1. The molecule has 68 valence electrons. The number of rotatable bonds is 1. The first-order valence-electron chi connectivity index (χ1n) is 3.95. The predicted octanol–water partition coefficient (Wildman–Crippen LogP) is 1.26. The zero-order valence-electron chi connectivity index (χ0n) is 6.83. The van der Waals surface area contributed by atoms with E-state index in [-0.39, 0.29) is 6.03 Å². The molecule has 0 unspecified atom stereocenters. The fraction of sp³-hybridized carbons (Fsp3) is 0.250. The molecule has 1 N–H and O–H groups in total. The van der Waals surface area contributed by atoms with E-state index >= 15 is 0 Å². The molecule has 1 aromatic heterocycles. The molecule has 5 heteroatoms. The Balaban J connectivity index is 2.29. The molecule has 2 heterocycles. The molecule has 1 fully saturated rings. The number of aromatic nitrogens is 1. The molecule has 1 aliphatic heterocycles. The summed E-state index contributed by atoms with van der Waals surface area (Å²) in [7, 11) is 0. The number of nitrogens with zero attached hydrogens (tertiary/aromatic N) is 2. The number of urea groups is 1. The van der Waals surface area contributed by atoms with Gasteiger partial charge in [-0.1, -0.05) is 17.7 Å². The van der Waals surface area contributed by atoms with Crippen molar-refractivity contribution in [3.63, 3.8) is 0 Å². The maximum atomic E-state index is 11.2. The Hall–Kier alpha value is -1.29. The van der Waals surface area contributed by atoms with E-state index in [0.717, 1.165) is 0 Å². The predicted molar refractivity (Wildman–Crippen MR) is 50.0 cm³/mol. The quantitative estimate of drug-likeness (QED) is 0.689. The van der Waals surface area contributed by atoms with E-state index in [1.807, 2.05) is 0 Å². The zero-order chi connectivity index (χ0) is 9.26. The van der Waals surface area contributed by atoms with E-state index in [0.29, 0.717) is 24.1 Å². The van der Waals surface area contributed by atoms with Gasteiger partial charge in [0.15, 0.2) is 0 Å². The number of hydrogen-bond donors (Lipinski definition) is 1. The standard InChI is InChI=1S/C8H8ClN3O/c9-6-2-1-3-7(11-6)12-5-4-10-8(12)13/h1-3H,4-5H2,(H,10,13). The first-order chi connectivity index (χ1) is 6.27. The van der Waals surface area contributed by atoms with Crippen LogP contribution in [0.3, 0.4) is 0 Å². The summed E-state index contributed by atoms with van der Waals surface area (Å²) in [5.74, 6) is 0.600. The third kappa shape index (κ3) is 1.58. The number of carbonyl (C=O) groups excluding carboxylic acids is 1. The van der Waals surface area contributed by atoms with Gasteiger partial charge in [0, 0.05) is 13.1 Å². The molecule has 1 aromatic rings. The topological polar surface area (TPSA) is 45.2 Å². The lowest BCUT2D eigenvalue weighted by Crippen LogP contribution is -2.28. The summed E-state index contributed by atoms with van der Waals surface area (Å²) in [5.41, 5.74) is 0. The van der Waals surface area contributed by atoms with Gasteiger partial charge in [-0.3, -0.25) is 4.90 Å². The number of hydrogen-bond acceptors (Lipinski definition) is 2. The van der Waals surface area contributed by atoms with E-state index in [9.17, 15) is 4.79 Å². The van der Waals surface area contributed by atoms with Crippen molar-refractivity contribution in [3.05, 3.63) is 23.4 Å². The van der Waals surface area contributed by atoms with Crippen LogP contribution in [0.4, 0.5) is 10.6 Å². The SMILES string of the molecule is O=C1NCCN1c1cccc(Cl)n1. The fourth-order valence-corrected chi connectivity index (χ4v) is 1.40. The fourth-order valence-electron chi connectivity index (χ4n) is 1.24. The van der Waals surface area contributed by atoms with Crippen molar-refractivity contribution in [1.29, 1.82) is 0 Å². The summed E-state index contributed by atoms with van der Waals surface area (Å²) < 4.78 is 0. The van der Waals surface area contributed by atoms with Gasteiger partial charge in [-0.2, -0.15) is 0 Å².